The van der Waals surface area contributed by atoms with E-state index in [9.17, 15) is 9.90 Å². The molecule has 1 heterocycles. The van der Waals surface area contributed by atoms with E-state index in [1.165, 1.54) is 0 Å². The van der Waals surface area contributed by atoms with Gasteiger partial charge in [-0.05, 0) is 36.5 Å². The lowest BCUT2D eigenvalue weighted by molar-refractivity contribution is 0.451. The van der Waals surface area contributed by atoms with Gasteiger partial charge in [0.05, 0.1) is 10.9 Å². The lowest BCUT2D eigenvalue weighted by Gasteiger charge is -2.16. The van der Waals surface area contributed by atoms with Crippen molar-refractivity contribution in [1.29, 1.82) is 0 Å². The highest BCUT2D eigenvalue weighted by Gasteiger charge is 2.18. The molecule has 3 nitrogen and oxygen atoms in total. The average molecular weight is 294 g/mol. The topological polar surface area (TPSA) is 50.4 Å². The second-order valence-corrected chi connectivity index (χ2v) is 5.43. The van der Waals surface area contributed by atoms with Gasteiger partial charge in [0.25, 0.3) is 0 Å². The van der Waals surface area contributed by atoms with E-state index in [2.05, 4.69) is 6.92 Å². The summed E-state index contributed by atoms with van der Waals surface area (Å²) in [4.78, 5) is 12.2. The Balaban J connectivity index is 2.05. The normalized spacial score (nSPS) is 12.4. The fourth-order valence-electron chi connectivity index (χ4n) is 2.82. The zero-order valence-electron chi connectivity index (χ0n) is 12.5. The first-order valence-electron chi connectivity index (χ1n) is 7.49. The molecule has 0 aliphatic rings. The molecule has 1 atom stereocenters. The van der Waals surface area contributed by atoms with Crippen LogP contribution in [0.1, 0.15) is 30.4 Å². The predicted molar refractivity (Wildman–Crippen MR) is 87.3 cm³/mol. The number of fused-ring (bicyclic) bond motifs is 1. The maximum atomic E-state index is 12.2. The van der Waals surface area contributed by atoms with Gasteiger partial charge in [-0.2, -0.15) is 0 Å². The second-order valence-electron chi connectivity index (χ2n) is 5.43. The number of hydrogen-bond acceptors (Lipinski definition) is 3. The minimum absolute atomic E-state index is 0.0428. The van der Waals surface area contributed by atoms with Gasteiger partial charge in [0.2, 0.25) is 0 Å². The van der Waals surface area contributed by atoms with Crippen molar-refractivity contribution in [3.05, 3.63) is 76.1 Å². The Morgan fingerprint density at radius 3 is 2.45 bits per heavy atom. The first-order chi connectivity index (χ1) is 10.7. The van der Waals surface area contributed by atoms with Crippen molar-refractivity contribution < 1.29 is 9.52 Å². The summed E-state index contributed by atoms with van der Waals surface area (Å²) in [5, 5.41) is 11.0. The van der Waals surface area contributed by atoms with Gasteiger partial charge < -0.3 is 9.52 Å². The van der Waals surface area contributed by atoms with Crippen LogP contribution in [0.3, 0.4) is 0 Å². The molecule has 1 unspecified atom stereocenters. The molecule has 0 saturated carbocycles. The molecule has 1 N–H and O–H groups in total. The molecule has 0 radical (unpaired) electrons. The second kappa shape index (κ2) is 6.06. The summed E-state index contributed by atoms with van der Waals surface area (Å²) in [6.45, 7) is 2.08. The molecule has 1 aromatic heterocycles. The van der Waals surface area contributed by atoms with Gasteiger partial charge >= 0.3 is 5.63 Å². The Bertz CT molecular complexity index is 834. The van der Waals surface area contributed by atoms with Crippen molar-refractivity contribution >= 4 is 11.0 Å². The molecular formula is C19H18O3. The highest BCUT2D eigenvalue weighted by Crippen LogP contribution is 2.31. The molecule has 0 amide bonds. The van der Waals surface area contributed by atoms with Crippen LogP contribution >= 0.6 is 0 Å². The van der Waals surface area contributed by atoms with E-state index in [0.717, 1.165) is 12.0 Å². The number of para-hydroxylation sites is 1. The summed E-state index contributed by atoms with van der Waals surface area (Å²) in [7, 11) is 0. The Morgan fingerprint density at radius 1 is 1.05 bits per heavy atom. The quantitative estimate of drug-likeness (QED) is 0.732. The third-order valence-corrected chi connectivity index (χ3v) is 4.09. The number of rotatable bonds is 4. The molecule has 0 aliphatic heterocycles. The van der Waals surface area contributed by atoms with Crippen molar-refractivity contribution in [2.45, 2.75) is 25.7 Å². The van der Waals surface area contributed by atoms with Crippen LogP contribution in [0.15, 0.2) is 63.8 Å². The smallest absolute Gasteiger partial charge is 0.343 e. The third kappa shape index (κ3) is 2.62. The molecule has 2 aromatic carbocycles. The standard InChI is InChI=1S/C19H18O3/c1-2-13(14-8-4-3-5-9-14)12-16-18(20)15-10-6-7-11-17(15)22-19(16)21/h3-11,13,20H,2,12H2,1H3. The summed E-state index contributed by atoms with van der Waals surface area (Å²) < 4.78 is 5.34. The van der Waals surface area contributed by atoms with Gasteiger partial charge in [-0.15, -0.1) is 0 Å². The van der Waals surface area contributed by atoms with Crippen LogP contribution in [0.4, 0.5) is 0 Å². The van der Waals surface area contributed by atoms with E-state index in [0.29, 0.717) is 23.0 Å². The lowest BCUT2D eigenvalue weighted by atomic mass is 9.90. The molecule has 112 valence electrons. The van der Waals surface area contributed by atoms with Crippen molar-refractivity contribution in [2.75, 3.05) is 0 Å². The van der Waals surface area contributed by atoms with Gasteiger partial charge in [-0.1, -0.05) is 49.4 Å². The van der Waals surface area contributed by atoms with E-state index in [1.807, 2.05) is 36.4 Å². The Kier molecular flexibility index (Phi) is 3.96. The Hall–Kier alpha value is -2.55. The molecule has 0 bridgehead atoms. The first-order valence-corrected chi connectivity index (χ1v) is 7.49. The van der Waals surface area contributed by atoms with Crippen LogP contribution in [0.5, 0.6) is 5.75 Å². The fraction of sp³-hybridized carbons (Fsp3) is 0.211. The van der Waals surface area contributed by atoms with E-state index < -0.39 is 5.63 Å². The monoisotopic (exact) mass is 294 g/mol. The molecule has 3 rings (SSSR count). The van der Waals surface area contributed by atoms with E-state index in [1.54, 1.807) is 18.2 Å². The van der Waals surface area contributed by atoms with E-state index in [4.69, 9.17) is 4.42 Å². The largest absolute Gasteiger partial charge is 0.507 e. The summed E-state index contributed by atoms with van der Waals surface area (Å²) in [5.74, 6) is 0.220. The predicted octanol–water partition coefficient (Wildman–Crippen LogP) is 4.23. The van der Waals surface area contributed by atoms with Crippen molar-refractivity contribution in [3.63, 3.8) is 0 Å². The minimum atomic E-state index is -0.453. The zero-order chi connectivity index (χ0) is 15.5. The summed E-state index contributed by atoms with van der Waals surface area (Å²) >= 11 is 0. The van der Waals surface area contributed by atoms with Gasteiger partial charge in [0.15, 0.2) is 0 Å². The molecule has 3 heteroatoms. The zero-order valence-corrected chi connectivity index (χ0v) is 12.5. The number of benzene rings is 2. The summed E-state index contributed by atoms with van der Waals surface area (Å²) in [6, 6.07) is 17.1. The molecule has 0 fully saturated rings. The van der Waals surface area contributed by atoms with Crippen LogP contribution in [-0.2, 0) is 6.42 Å². The maximum absolute atomic E-state index is 12.2. The van der Waals surface area contributed by atoms with Crippen molar-refractivity contribution in [1.82, 2.24) is 0 Å². The average Bonchev–Trinajstić information content (AvgIpc) is 2.56. The van der Waals surface area contributed by atoms with Gasteiger partial charge in [-0.25, -0.2) is 4.79 Å². The van der Waals surface area contributed by atoms with Crippen LogP contribution in [0.25, 0.3) is 11.0 Å². The van der Waals surface area contributed by atoms with Gasteiger partial charge in [0.1, 0.15) is 11.3 Å². The summed E-state index contributed by atoms with van der Waals surface area (Å²) in [6.07, 6.45) is 1.36. The number of hydrogen-bond donors (Lipinski definition) is 1. The molecule has 3 aromatic rings. The molecule has 0 aliphatic carbocycles. The molecule has 0 spiro atoms. The highest BCUT2D eigenvalue weighted by molar-refractivity contribution is 5.83. The molecule has 22 heavy (non-hydrogen) atoms. The third-order valence-electron chi connectivity index (χ3n) is 4.09. The lowest BCUT2D eigenvalue weighted by Crippen LogP contribution is -2.12. The molecular weight excluding hydrogens is 276 g/mol. The Labute approximate surface area is 128 Å². The van der Waals surface area contributed by atoms with Crippen molar-refractivity contribution in [3.8, 4) is 5.75 Å². The minimum Gasteiger partial charge on any atom is -0.507 e. The van der Waals surface area contributed by atoms with Gasteiger partial charge in [-0.3, -0.25) is 0 Å². The highest BCUT2D eigenvalue weighted by atomic mass is 16.4. The van der Waals surface area contributed by atoms with Crippen LogP contribution < -0.4 is 5.63 Å². The molecule has 0 saturated heterocycles. The number of aromatic hydroxyl groups is 1. The van der Waals surface area contributed by atoms with Crippen LogP contribution in [0, 0.1) is 0 Å². The van der Waals surface area contributed by atoms with Crippen LogP contribution in [-0.4, -0.2) is 5.11 Å². The van der Waals surface area contributed by atoms with Gasteiger partial charge in [0, 0.05) is 0 Å². The Morgan fingerprint density at radius 2 is 1.73 bits per heavy atom. The summed E-state index contributed by atoms with van der Waals surface area (Å²) in [5.41, 5.74) is 1.48. The maximum Gasteiger partial charge on any atom is 0.343 e. The fourth-order valence-corrected chi connectivity index (χ4v) is 2.82. The van der Waals surface area contributed by atoms with Crippen LogP contribution in [0.2, 0.25) is 0 Å². The van der Waals surface area contributed by atoms with E-state index >= 15 is 0 Å². The van der Waals surface area contributed by atoms with Crippen molar-refractivity contribution in [2.24, 2.45) is 0 Å². The SMILES string of the molecule is CCC(Cc1c(O)c2ccccc2oc1=O)c1ccccc1. The van der Waals surface area contributed by atoms with E-state index in [-0.39, 0.29) is 11.7 Å². The first kappa shape index (κ1) is 14.4.